The molecule has 3 N–H and O–H groups in total. The highest BCUT2D eigenvalue weighted by Crippen LogP contribution is 2.35. The zero-order chi connectivity index (χ0) is 23.2. The van der Waals surface area contributed by atoms with Crippen molar-refractivity contribution in [1.29, 1.82) is 0 Å². The summed E-state index contributed by atoms with van der Waals surface area (Å²) in [6.07, 6.45) is 6.87. The lowest BCUT2D eigenvalue weighted by atomic mass is 10.1. The fourth-order valence-corrected chi connectivity index (χ4v) is 3.90. The molecule has 4 rings (SSSR count). The van der Waals surface area contributed by atoms with Gasteiger partial charge in [0.25, 0.3) is 5.91 Å². The number of benzene rings is 1. The van der Waals surface area contributed by atoms with Gasteiger partial charge in [0, 0.05) is 44.5 Å². The molecule has 0 radical (unpaired) electrons. The Balaban J connectivity index is 1.60. The number of aromatic nitrogens is 2. The number of hydrogen-bond acceptors (Lipinski definition) is 7. The molecule has 2 aromatic rings. The summed E-state index contributed by atoms with van der Waals surface area (Å²) < 4.78 is 5.85. The summed E-state index contributed by atoms with van der Waals surface area (Å²) in [5.74, 6) is 1.45. The molecular weight excluding hydrogens is 444 g/mol. The molecular formula is C23H27ClN6O3. The molecule has 1 aromatic heterocycles. The second kappa shape index (κ2) is 10.5. The largest absolute Gasteiger partial charge is 0.492 e. The molecule has 2 aliphatic heterocycles. The van der Waals surface area contributed by atoms with E-state index < -0.39 is 0 Å². The van der Waals surface area contributed by atoms with Crippen LogP contribution in [-0.4, -0.2) is 53.4 Å². The van der Waals surface area contributed by atoms with Crippen molar-refractivity contribution in [3.05, 3.63) is 41.3 Å². The van der Waals surface area contributed by atoms with Crippen molar-refractivity contribution < 1.29 is 14.3 Å². The SMILES string of the molecule is CN1CCCNc2ncnc3c2/C(=C/Nc2ccc(Cl)c(c2)OCCCCCC1=O)C(=O)N3. The van der Waals surface area contributed by atoms with E-state index in [2.05, 4.69) is 25.9 Å². The minimum absolute atomic E-state index is 0.134. The average molecular weight is 471 g/mol. The molecule has 2 amide bonds. The Morgan fingerprint density at radius 3 is 2.82 bits per heavy atom. The quantitative estimate of drug-likeness (QED) is 0.538. The molecule has 0 saturated heterocycles. The van der Waals surface area contributed by atoms with Gasteiger partial charge < -0.3 is 25.6 Å². The van der Waals surface area contributed by atoms with Crippen molar-refractivity contribution in [2.75, 3.05) is 42.7 Å². The summed E-state index contributed by atoms with van der Waals surface area (Å²) in [5.41, 5.74) is 1.77. The standard InChI is InChI=1S/C23H27ClN6O3/c1-30-10-5-9-25-21-20-16(23(32)29-22(20)28-14-27-21)13-26-15-7-8-17(24)18(12-15)33-11-4-2-3-6-19(30)31/h7-8,12-14,26H,2-6,9-11H2,1H3,(H2,25,27,28,29,32)/b16-13-. The van der Waals surface area contributed by atoms with Crippen LogP contribution in [0.5, 0.6) is 5.75 Å². The number of ether oxygens (including phenoxy) is 1. The number of carbonyl (C=O) groups is 2. The summed E-state index contributed by atoms with van der Waals surface area (Å²) in [6, 6.07) is 5.36. The zero-order valence-corrected chi connectivity index (χ0v) is 19.2. The predicted octanol–water partition coefficient (Wildman–Crippen LogP) is 3.75. The lowest BCUT2D eigenvalue weighted by molar-refractivity contribution is -0.130. The van der Waals surface area contributed by atoms with Crippen LogP contribution in [0.1, 0.15) is 37.7 Å². The van der Waals surface area contributed by atoms with Crippen LogP contribution in [0, 0.1) is 0 Å². The zero-order valence-electron chi connectivity index (χ0n) is 18.5. The van der Waals surface area contributed by atoms with E-state index in [1.165, 1.54) is 6.33 Å². The fourth-order valence-electron chi connectivity index (χ4n) is 3.73. The number of nitrogens with one attached hydrogen (secondary N) is 3. The van der Waals surface area contributed by atoms with Crippen LogP contribution in [0.4, 0.5) is 17.3 Å². The van der Waals surface area contributed by atoms with Crippen molar-refractivity contribution in [3.8, 4) is 5.75 Å². The summed E-state index contributed by atoms with van der Waals surface area (Å²) >= 11 is 6.28. The third-order valence-electron chi connectivity index (χ3n) is 5.59. The second-order valence-electron chi connectivity index (χ2n) is 8.00. The smallest absolute Gasteiger partial charge is 0.259 e. The van der Waals surface area contributed by atoms with E-state index in [1.807, 2.05) is 13.1 Å². The number of nitrogens with zero attached hydrogens (tertiary/aromatic N) is 3. The van der Waals surface area contributed by atoms with Gasteiger partial charge in [-0.1, -0.05) is 11.6 Å². The summed E-state index contributed by atoms with van der Waals surface area (Å²) in [7, 11) is 1.82. The van der Waals surface area contributed by atoms with Gasteiger partial charge in [-0.05, 0) is 37.8 Å². The van der Waals surface area contributed by atoms with E-state index in [4.69, 9.17) is 16.3 Å². The highest BCUT2D eigenvalue weighted by Gasteiger charge is 2.29. The average Bonchev–Trinajstić information content (AvgIpc) is 3.13. The first-order chi connectivity index (χ1) is 16.0. The minimum atomic E-state index is -0.265. The Morgan fingerprint density at radius 2 is 1.94 bits per heavy atom. The van der Waals surface area contributed by atoms with Crippen molar-refractivity contribution >= 4 is 46.3 Å². The third-order valence-corrected chi connectivity index (χ3v) is 5.90. The molecule has 9 nitrogen and oxygen atoms in total. The summed E-state index contributed by atoms with van der Waals surface area (Å²) in [6.45, 7) is 1.75. The first-order valence-corrected chi connectivity index (χ1v) is 11.4. The maximum atomic E-state index is 12.6. The Hall–Kier alpha value is -3.33. The molecule has 0 atom stereocenters. The first kappa shape index (κ1) is 22.8. The van der Waals surface area contributed by atoms with Gasteiger partial charge in [0.05, 0.1) is 22.8 Å². The van der Waals surface area contributed by atoms with E-state index >= 15 is 0 Å². The monoisotopic (exact) mass is 470 g/mol. The molecule has 3 heterocycles. The van der Waals surface area contributed by atoms with Gasteiger partial charge in [0.15, 0.2) is 0 Å². The number of anilines is 3. The van der Waals surface area contributed by atoms with Gasteiger partial charge in [-0.15, -0.1) is 0 Å². The molecule has 2 aliphatic rings. The molecule has 0 aliphatic carbocycles. The fraction of sp³-hybridized carbons (Fsp3) is 0.391. The Morgan fingerprint density at radius 1 is 1.09 bits per heavy atom. The molecule has 0 fully saturated rings. The van der Waals surface area contributed by atoms with Crippen LogP contribution in [0.2, 0.25) is 5.02 Å². The van der Waals surface area contributed by atoms with Crippen molar-refractivity contribution in [1.82, 2.24) is 14.9 Å². The first-order valence-electron chi connectivity index (χ1n) is 11.1. The van der Waals surface area contributed by atoms with Crippen molar-refractivity contribution in [2.24, 2.45) is 0 Å². The van der Waals surface area contributed by atoms with Crippen molar-refractivity contribution in [2.45, 2.75) is 32.1 Å². The highest BCUT2D eigenvalue weighted by atomic mass is 35.5. The van der Waals surface area contributed by atoms with Gasteiger partial charge >= 0.3 is 0 Å². The van der Waals surface area contributed by atoms with E-state index in [-0.39, 0.29) is 11.8 Å². The molecule has 1 aromatic carbocycles. The Kier molecular flexibility index (Phi) is 7.29. The number of amides is 2. The lowest BCUT2D eigenvalue weighted by Gasteiger charge is -2.18. The third kappa shape index (κ3) is 5.54. The summed E-state index contributed by atoms with van der Waals surface area (Å²) in [5, 5.41) is 9.72. The molecule has 2 bridgehead atoms. The normalized spacial score (nSPS) is 19.2. The predicted molar refractivity (Wildman–Crippen MR) is 128 cm³/mol. The highest BCUT2D eigenvalue weighted by molar-refractivity contribution is 6.33. The topological polar surface area (TPSA) is 108 Å². The molecule has 33 heavy (non-hydrogen) atoms. The van der Waals surface area contributed by atoms with Gasteiger partial charge in [-0.25, -0.2) is 9.97 Å². The van der Waals surface area contributed by atoms with Crippen LogP contribution in [0.15, 0.2) is 30.7 Å². The van der Waals surface area contributed by atoms with Gasteiger partial charge in [0.1, 0.15) is 23.7 Å². The Labute approximate surface area is 197 Å². The van der Waals surface area contributed by atoms with Crippen molar-refractivity contribution in [3.63, 3.8) is 0 Å². The maximum Gasteiger partial charge on any atom is 0.259 e. The van der Waals surface area contributed by atoms with E-state index in [9.17, 15) is 9.59 Å². The van der Waals surface area contributed by atoms with E-state index in [1.54, 1.807) is 23.2 Å². The number of fused-ring (bicyclic) bond motifs is 2. The van der Waals surface area contributed by atoms with E-state index in [0.717, 1.165) is 31.4 Å². The van der Waals surface area contributed by atoms with Crippen LogP contribution in [0.25, 0.3) is 5.57 Å². The number of rotatable bonds is 0. The Bertz CT molecular complexity index is 1070. The van der Waals surface area contributed by atoms with Gasteiger partial charge in [0.2, 0.25) is 5.91 Å². The van der Waals surface area contributed by atoms with Crippen LogP contribution < -0.4 is 20.7 Å². The van der Waals surface area contributed by atoms with Crippen LogP contribution in [-0.2, 0) is 9.59 Å². The molecule has 174 valence electrons. The molecule has 0 saturated carbocycles. The number of halogens is 1. The minimum Gasteiger partial charge on any atom is -0.492 e. The van der Waals surface area contributed by atoms with Crippen LogP contribution in [0.3, 0.4) is 0 Å². The lowest BCUT2D eigenvalue weighted by Crippen LogP contribution is -2.28. The second-order valence-corrected chi connectivity index (χ2v) is 8.41. The van der Waals surface area contributed by atoms with Crippen LogP contribution >= 0.6 is 11.6 Å². The number of carbonyl (C=O) groups excluding carboxylic acids is 2. The molecule has 10 heteroatoms. The van der Waals surface area contributed by atoms with Gasteiger partial charge in [-0.3, -0.25) is 9.59 Å². The molecule has 0 spiro atoms. The van der Waals surface area contributed by atoms with E-state index in [0.29, 0.717) is 59.7 Å². The van der Waals surface area contributed by atoms with Gasteiger partial charge in [-0.2, -0.15) is 0 Å². The molecule has 0 unspecified atom stereocenters. The summed E-state index contributed by atoms with van der Waals surface area (Å²) in [4.78, 5) is 35.2. The maximum absolute atomic E-state index is 12.6. The number of hydrogen-bond donors (Lipinski definition) is 3.